The summed E-state index contributed by atoms with van der Waals surface area (Å²) in [4.78, 5) is 7.37. The zero-order valence-corrected chi connectivity index (χ0v) is 17.2. The van der Waals surface area contributed by atoms with E-state index >= 15 is 0 Å². The number of aryl methyl sites for hydroxylation is 2. The third-order valence-corrected chi connectivity index (χ3v) is 5.69. The van der Waals surface area contributed by atoms with Crippen LogP contribution >= 0.6 is 0 Å². The number of hydrogen-bond donors (Lipinski definition) is 3. The van der Waals surface area contributed by atoms with Crippen LogP contribution in [0.1, 0.15) is 11.1 Å². The molecule has 0 unspecified atom stereocenters. The average Bonchev–Trinajstić information content (AvgIpc) is 2.78. The van der Waals surface area contributed by atoms with Crippen LogP contribution in [-0.4, -0.2) is 57.3 Å². The SMILES string of the molecule is Cc1cc(N2CCN(CCN)CCN(c3ccc(N)c(C)c3)CC2)ccc1N. The molecule has 1 heterocycles. The molecule has 1 fully saturated rings. The van der Waals surface area contributed by atoms with Crippen molar-refractivity contribution in [1.29, 1.82) is 0 Å². The van der Waals surface area contributed by atoms with Gasteiger partial charge < -0.3 is 27.0 Å². The second kappa shape index (κ2) is 9.17. The lowest BCUT2D eigenvalue weighted by Crippen LogP contribution is -2.38. The van der Waals surface area contributed by atoms with Crippen LogP contribution in [0.3, 0.4) is 0 Å². The fourth-order valence-corrected chi connectivity index (χ4v) is 3.74. The van der Waals surface area contributed by atoms with E-state index in [9.17, 15) is 0 Å². The summed E-state index contributed by atoms with van der Waals surface area (Å²) in [5.41, 5.74) is 24.3. The summed E-state index contributed by atoms with van der Waals surface area (Å²) in [6.07, 6.45) is 0. The Hall–Kier alpha value is -2.44. The van der Waals surface area contributed by atoms with E-state index in [4.69, 9.17) is 17.2 Å². The van der Waals surface area contributed by atoms with Crippen molar-refractivity contribution in [3.8, 4) is 0 Å². The quantitative estimate of drug-likeness (QED) is 0.702. The van der Waals surface area contributed by atoms with Gasteiger partial charge in [0, 0.05) is 75.1 Å². The van der Waals surface area contributed by atoms with E-state index in [1.165, 1.54) is 11.4 Å². The Morgan fingerprint density at radius 3 is 1.54 bits per heavy atom. The van der Waals surface area contributed by atoms with Gasteiger partial charge in [-0.05, 0) is 61.4 Å². The van der Waals surface area contributed by atoms with Crippen molar-refractivity contribution >= 4 is 22.7 Å². The summed E-state index contributed by atoms with van der Waals surface area (Å²) in [5, 5.41) is 0. The molecule has 1 saturated heterocycles. The fraction of sp³-hybridized carbons (Fsp3) is 0.455. The van der Waals surface area contributed by atoms with Gasteiger partial charge in [0.15, 0.2) is 0 Å². The highest BCUT2D eigenvalue weighted by molar-refractivity contribution is 5.60. The molecule has 0 bridgehead atoms. The molecule has 2 aromatic carbocycles. The lowest BCUT2D eigenvalue weighted by Gasteiger charge is -2.29. The lowest BCUT2D eigenvalue weighted by molar-refractivity contribution is 0.296. The smallest absolute Gasteiger partial charge is 0.0371 e. The van der Waals surface area contributed by atoms with Gasteiger partial charge in [0.25, 0.3) is 0 Å². The van der Waals surface area contributed by atoms with Crippen molar-refractivity contribution in [3.63, 3.8) is 0 Å². The van der Waals surface area contributed by atoms with Crippen LogP contribution in [0.2, 0.25) is 0 Å². The van der Waals surface area contributed by atoms with Gasteiger partial charge in [0.05, 0.1) is 0 Å². The molecule has 0 aromatic heterocycles. The molecule has 0 saturated carbocycles. The summed E-state index contributed by atoms with van der Waals surface area (Å²) in [6.45, 7) is 11.6. The largest absolute Gasteiger partial charge is 0.399 e. The highest BCUT2D eigenvalue weighted by Crippen LogP contribution is 2.23. The number of anilines is 4. The average molecular weight is 383 g/mol. The maximum Gasteiger partial charge on any atom is 0.0371 e. The molecule has 6 nitrogen and oxygen atoms in total. The Labute approximate surface area is 168 Å². The van der Waals surface area contributed by atoms with Gasteiger partial charge in [-0.1, -0.05) is 0 Å². The van der Waals surface area contributed by atoms with Crippen LogP contribution in [0, 0.1) is 13.8 Å². The molecular weight excluding hydrogens is 348 g/mol. The minimum atomic E-state index is 0.682. The van der Waals surface area contributed by atoms with Crippen LogP contribution in [0.5, 0.6) is 0 Å². The first-order valence-electron chi connectivity index (χ1n) is 10.1. The number of benzene rings is 2. The summed E-state index contributed by atoms with van der Waals surface area (Å²) in [6, 6.07) is 12.7. The van der Waals surface area contributed by atoms with E-state index in [1.54, 1.807) is 0 Å². The molecule has 1 aliphatic heterocycles. The molecule has 1 aliphatic rings. The number of nitrogens with two attached hydrogens (primary N) is 3. The lowest BCUT2D eigenvalue weighted by atomic mass is 10.1. The minimum absolute atomic E-state index is 0.682. The van der Waals surface area contributed by atoms with E-state index in [1.807, 2.05) is 12.1 Å². The molecule has 6 N–H and O–H groups in total. The Morgan fingerprint density at radius 1 is 0.714 bits per heavy atom. The summed E-state index contributed by atoms with van der Waals surface area (Å²) >= 11 is 0. The first-order chi connectivity index (χ1) is 13.5. The zero-order chi connectivity index (χ0) is 20.1. The van der Waals surface area contributed by atoms with Gasteiger partial charge in [-0.3, -0.25) is 4.90 Å². The molecule has 3 rings (SSSR count). The van der Waals surface area contributed by atoms with E-state index in [0.29, 0.717) is 6.54 Å². The molecular formula is C22H34N6. The van der Waals surface area contributed by atoms with Gasteiger partial charge >= 0.3 is 0 Å². The van der Waals surface area contributed by atoms with Gasteiger partial charge in [-0.25, -0.2) is 0 Å². The standard InChI is InChI=1S/C22H34N6/c1-17-15-19(3-5-21(17)24)27-11-9-26(8-7-23)10-12-28(14-13-27)20-4-6-22(25)18(2)16-20/h3-6,15-16H,7-14,23-25H2,1-2H3. The minimum Gasteiger partial charge on any atom is -0.399 e. The Morgan fingerprint density at radius 2 is 1.14 bits per heavy atom. The predicted octanol–water partition coefficient (Wildman–Crippen LogP) is 2.06. The summed E-state index contributed by atoms with van der Waals surface area (Å²) in [7, 11) is 0. The first kappa shape index (κ1) is 20.3. The highest BCUT2D eigenvalue weighted by atomic mass is 15.3. The van der Waals surface area contributed by atoms with Gasteiger partial charge in [-0.2, -0.15) is 0 Å². The van der Waals surface area contributed by atoms with Gasteiger partial charge in [-0.15, -0.1) is 0 Å². The van der Waals surface area contributed by atoms with Gasteiger partial charge in [0.1, 0.15) is 0 Å². The van der Waals surface area contributed by atoms with Crippen LogP contribution in [0.15, 0.2) is 36.4 Å². The first-order valence-corrected chi connectivity index (χ1v) is 10.1. The molecule has 2 aromatic rings. The molecule has 0 atom stereocenters. The predicted molar refractivity (Wildman–Crippen MR) is 121 cm³/mol. The molecule has 0 spiro atoms. The van der Waals surface area contributed by atoms with Crippen LogP contribution < -0.4 is 27.0 Å². The molecule has 152 valence electrons. The van der Waals surface area contributed by atoms with Gasteiger partial charge in [0.2, 0.25) is 0 Å². The molecule has 28 heavy (non-hydrogen) atoms. The van der Waals surface area contributed by atoms with E-state index in [-0.39, 0.29) is 0 Å². The fourth-order valence-electron chi connectivity index (χ4n) is 3.74. The highest BCUT2D eigenvalue weighted by Gasteiger charge is 2.17. The molecule has 0 amide bonds. The van der Waals surface area contributed by atoms with E-state index in [0.717, 1.165) is 68.3 Å². The zero-order valence-electron chi connectivity index (χ0n) is 17.2. The Balaban J connectivity index is 1.84. The Kier molecular flexibility index (Phi) is 6.65. The number of rotatable bonds is 4. The van der Waals surface area contributed by atoms with Crippen molar-refractivity contribution in [2.24, 2.45) is 5.73 Å². The molecule has 0 aliphatic carbocycles. The van der Waals surface area contributed by atoms with Crippen LogP contribution in [0.25, 0.3) is 0 Å². The normalized spacial score (nSPS) is 16.5. The van der Waals surface area contributed by atoms with Crippen molar-refractivity contribution in [2.75, 3.05) is 73.6 Å². The second-order valence-corrected chi connectivity index (χ2v) is 7.69. The third kappa shape index (κ3) is 4.88. The van der Waals surface area contributed by atoms with Crippen molar-refractivity contribution < 1.29 is 0 Å². The van der Waals surface area contributed by atoms with Crippen molar-refractivity contribution in [3.05, 3.63) is 47.5 Å². The topological polar surface area (TPSA) is 87.8 Å². The number of nitrogen functional groups attached to an aromatic ring is 2. The second-order valence-electron chi connectivity index (χ2n) is 7.69. The van der Waals surface area contributed by atoms with Crippen LogP contribution in [0.4, 0.5) is 22.7 Å². The summed E-state index contributed by atoms with van der Waals surface area (Å²) < 4.78 is 0. The monoisotopic (exact) mass is 382 g/mol. The van der Waals surface area contributed by atoms with E-state index in [2.05, 4.69) is 52.8 Å². The third-order valence-electron chi connectivity index (χ3n) is 5.69. The maximum atomic E-state index is 6.03. The number of nitrogens with zero attached hydrogens (tertiary/aromatic N) is 3. The van der Waals surface area contributed by atoms with Crippen molar-refractivity contribution in [2.45, 2.75) is 13.8 Å². The van der Waals surface area contributed by atoms with Crippen molar-refractivity contribution in [1.82, 2.24) is 4.90 Å². The molecule has 6 heteroatoms. The number of hydrogen-bond acceptors (Lipinski definition) is 6. The Bertz CT molecular complexity index is 727. The van der Waals surface area contributed by atoms with E-state index < -0.39 is 0 Å². The summed E-state index contributed by atoms with van der Waals surface area (Å²) in [5.74, 6) is 0. The molecule has 0 radical (unpaired) electrons. The maximum absolute atomic E-state index is 6.03. The van der Waals surface area contributed by atoms with Crippen LogP contribution in [-0.2, 0) is 0 Å².